The van der Waals surface area contributed by atoms with Crippen molar-refractivity contribution in [2.24, 2.45) is 11.8 Å². The number of rotatable bonds is 3. The van der Waals surface area contributed by atoms with Crippen molar-refractivity contribution in [3.05, 3.63) is 0 Å². The Kier molecular flexibility index (Phi) is 3.45. The van der Waals surface area contributed by atoms with E-state index in [2.05, 4.69) is 23.6 Å². The predicted octanol–water partition coefficient (Wildman–Crippen LogP) is 2.59. The van der Waals surface area contributed by atoms with Gasteiger partial charge in [0, 0.05) is 31.7 Å². The Balaban J connectivity index is 1.66. The van der Waals surface area contributed by atoms with Gasteiger partial charge in [-0.25, -0.2) is 0 Å². The van der Waals surface area contributed by atoms with Crippen LogP contribution in [0.4, 0.5) is 0 Å². The molecule has 3 fully saturated rings. The molecule has 3 rings (SSSR count). The largest absolute Gasteiger partial charge is 0.298 e. The zero-order valence-electron chi connectivity index (χ0n) is 11.6. The Morgan fingerprint density at radius 3 is 2.59 bits per heavy atom. The van der Waals surface area contributed by atoms with Crippen LogP contribution in [0.3, 0.4) is 0 Å². The second-order valence-corrected chi connectivity index (χ2v) is 6.85. The Morgan fingerprint density at radius 1 is 1.06 bits per heavy atom. The first-order valence-corrected chi connectivity index (χ1v) is 7.72. The normalized spacial score (nSPS) is 36.2. The third kappa shape index (κ3) is 2.68. The molecule has 0 amide bonds. The molecule has 1 saturated carbocycles. The van der Waals surface area contributed by atoms with Gasteiger partial charge >= 0.3 is 0 Å². The predicted molar refractivity (Wildman–Crippen MR) is 72.1 cm³/mol. The smallest absolute Gasteiger partial charge is 0.0247 e. The summed E-state index contributed by atoms with van der Waals surface area (Å²) in [5.41, 5.74) is 0. The van der Waals surface area contributed by atoms with E-state index >= 15 is 0 Å². The summed E-state index contributed by atoms with van der Waals surface area (Å²) in [4.78, 5) is 5.63. The fraction of sp³-hybridized carbons (Fsp3) is 1.00. The van der Waals surface area contributed by atoms with E-state index in [0.29, 0.717) is 0 Å². The number of hydrogen-bond acceptors (Lipinski definition) is 2. The van der Waals surface area contributed by atoms with Crippen molar-refractivity contribution in [3.63, 3.8) is 0 Å². The number of hydrogen-bond donors (Lipinski definition) is 0. The molecular formula is C15H28N2. The Morgan fingerprint density at radius 2 is 1.88 bits per heavy atom. The van der Waals surface area contributed by atoms with Gasteiger partial charge in [-0.15, -0.1) is 0 Å². The first-order valence-electron chi connectivity index (χ1n) is 7.72. The van der Waals surface area contributed by atoms with Gasteiger partial charge in [0.2, 0.25) is 0 Å². The van der Waals surface area contributed by atoms with E-state index in [-0.39, 0.29) is 0 Å². The van der Waals surface area contributed by atoms with Gasteiger partial charge < -0.3 is 0 Å². The van der Waals surface area contributed by atoms with Crippen LogP contribution in [0.15, 0.2) is 0 Å². The molecule has 0 radical (unpaired) electrons. The van der Waals surface area contributed by atoms with Gasteiger partial charge in [0.25, 0.3) is 0 Å². The summed E-state index contributed by atoms with van der Waals surface area (Å²) in [5.74, 6) is 1.86. The summed E-state index contributed by atoms with van der Waals surface area (Å²) in [6.07, 6.45) is 7.34. The lowest BCUT2D eigenvalue weighted by Gasteiger charge is -2.50. The Labute approximate surface area is 106 Å². The standard InChI is InChI=1S/C15H28N2/c1-12(2)15-11-16-8-4-3-5-14(16)10-17(15)9-13-6-7-13/h12-15H,3-11H2,1-2H3. The van der Waals surface area contributed by atoms with E-state index in [1.54, 1.807) is 0 Å². The fourth-order valence-corrected chi connectivity index (χ4v) is 3.74. The van der Waals surface area contributed by atoms with Crippen molar-refractivity contribution in [3.8, 4) is 0 Å². The van der Waals surface area contributed by atoms with Crippen LogP contribution in [-0.2, 0) is 0 Å². The van der Waals surface area contributed by atoms with Crippen LogP contribution in [0.2, 0.25) is 0 Å². The van der Waals surface area contributed by atoms with E-state index in [9.17, 15) is 0 Å². The molecule has 2 aliphatic heterocycles. The van der Waals surface area contributed by atoms with Crippen molar-refractivity contribution in [2.45, 2.75) is 58.0 Å². The van der Waals surface area contributed by atoms with E-state index in [0.717, 1.165) is 23.9 Å². The van der Waals surface area contributed by atoms with E-state index < -0.39 is 0 Å². The minimum Gasteiger partial charge on any atom is -0.298 e. The molecule has 0 N–H and O–H groups in total. The van der Waals surface area contributed by atoms with Gasteiger partial charge in [0.05, 0.1) is 0 Å². The lowest BCUT2D eigenvalue weighted by atomic mass is 9.92. The van der Waals surface area contributed by atoms with Crippen molar-refractivity contribution in [1.29, 1.82) is 0 Å². The SMILES string of the molecule is CC(C)C1CN2CCCCC2CN1CC1CC1. The van der Waals surface area contributed by atoms with E-state index in [1.165, 1.54) is 58.3 Å². The molecule has 2 saturated heterocycles. The number of piperazine rings is 1. The molecule has 2 nitrogen and oxygen atoms in total. The van der Waals surface area contributed by atoms with Gasteiger partial charge in [0.1, 0.15) is 0 Å². The van der Waals surface area contributed by atoms with Gasteiger partial charge in [-0.05, 0) is 44.1 Å². The third-order valence-electron chi connectivity index (χ3n) is 5.04. The van der Waals surface area contributed by atoms with Crippen molar-refractivity contribution in [1.82, 2.24) is 9.80 Å². The molecule has 98 valence electrons. The Bertz CT molecular complexity index is 260. The quantitative estimate of drug-likeness (QED) is 0.743. The molecule has 0 aromatic carbocycles. The van der Waals surface area contributed by atoms with Crippen LogP contribution in [0.1, 0.15) is 46.0 Å². The molecular weight excluding hydrogens is 208 g/mol. The van der Waals surface area contributed by atoms with Gasteiger partial charge in [-0.1, -0.05) is 20.3 Å². The summed E-state index contributed by atoms with van der Waals surface area (Å²) >= 11 is 0. The lowest BCUT2D eigenvalue weighted by Crippen LogP contribution is -2.61. The average Bonchev–Trinajstić information content (AvgIpc) is 3.12. The molecule has 0 spiro atoms. The number of piperidine rings is 1. The molecule has 2 heteroatoms. The lowest BCUT2D eigenvalue weighted by molar-refractivity contribution is -0.00954. The molecule has 0 aromatic heterocycles. The second kappa shape index (κ2) is 4.89. The van der Waals surface area contributed by atoms with E-state index in [4.69, 9.17) is 0 Å². The molecule has 2 unspecified atom stereocenters. The van der Waals surface area contributed by atoms with Gasteiger partial charge in [-0.2, -0.15) is 0 Å². The fourth-order valence-electron chi connectivity index (χ4n) is 3.74. The first-order chi connectivity index (χ1) is 8.24. The highest BCUT2D eigenvalue weighted by atomic mass is 15.3. The topological polar surface area (TPSA) is 6.48 Å². The highest BCUT2D eigenvalue weighted by Crippen LogP contribution is 2.34. The summed E-state index contributed by atoms with van der Waals surface area (Å²) in [5, 5.41) is 0. The first kappa shape index (κ1) is 12.0. The molecule has 2 atom stereocenters. The highest BCUT2D eigenvalue weighted by molar-refractivity contribution is 4.93. The van der Waals surface area contributed by atoms with Crippen LogP contribution in [0, 0.1) is 11.8 Å². The molecule has 17 heavy (non-hydrogen) atoms. The maximum absolute atomic E-state index is 2.84. The Hall–Kier alpha value is -0.0800. The van der Waals surface area contributed by atoms with Gasteiger partial charge in [0.15, 0.2) is 0 Å². The molecule has 0 bridgehead atoms. The zero-order chi connectivity index (χ0) is 11.8. The minimum atomic E-state index is 0.816. The summed E-state index contributed by atoms with van der Waals surface area (Å²) in [6.45, 7) is 10.3. The summed E-state index contributed by atoms with van der Waals surface area (Å²) < 4.78 is 0. The van der Waals surface area contributed by atoms with Crippen molar-refractivity contribution >= 4 is 0 Å². The zero-order valence-corrected chi connectivity index (χ0v) is 11.6. The summed E-state index contributed by atoms with van der Waals surface area (Å²) in [7, 11) is 0. The number of nitrogens with zero attached hydrogens (tertiary/aromatic N) is 2. The number of fused-ring (bicyclic) bond motifs is 1. The molecule has 0 aromatic rings. The van der Waals surface area contributed by atoms with Crippen molar-refractivity contribution in [2.75, 3.05) is 26.2 Å². The monoisotopic (exact) mass is 236 g/mol. The van der Waals surface area contributed by atoms with Crippen LogP contribution in [-0.4, -0.2) is 48.1 Å². The average molecular weight is 236 g/mol. The maximum atomic E-state index is 2.84. The summed E-state index contributed by atoms with van der Waals surface area (Å²) in [6, 6.07) is 1.71. The maximum Gasteiger partial charge on any atom is 0.0247 e. The van der Waals surface area contributed by atoms with Crippen LogP contribution >= 0.6 is 0 Å². The van der Waals surface area contributed by atoms with Crippen LogP contribution < -0.4 is 0 Å². The highest BCUT2D eigenvalue weighted by Gasteiger charge is 2.38. The van der Waals surface area contributed by atoms with Crippen molar-refractivity contribution < 1.29 is 0 Å². The second-order valence-electron chi connectivity index (χ2n) is 6.85. The van der Waals surface area contributed by atoms with E-state index in [1.807, 2.05) is 0 Å². The molecule has 3 aliphatic rings. The third-order valence-corrected chi connectivity index (χ3v) is 5.04. The molecule has 1 aliphatic carbocycles. The minimum absolute atomic E-state index is 0.816. The molecule has 2 heterocycles. The van der Waals surface area contributed by atoms with Crippen LogP contribution in [0.25, 0.3) is 0 Å². The van der Waals surface area contributed by atoms with Gasteiger partial charge in [-0.3, -0.25) is 9.80 Å². The van der Waals surface area contributed by atoms with Crippen LogP contribution in [0.5, 0.6) is 0 Å².